The minimum atomic E-state index is -2.75. The van der Waals surface area contributed by atoms with Gasteiger partial charge in [-0.25, -0.2) is 8.78 Å². The summed E-state index contributed by atoms with van der Waals surface area (Å²) in [6.07, 6.45) is 18.4. The van der Waals surface area contributed by atoms with Crippen molar-refractivity contribution >= 4 is 0 Å². The number of halogens is 2. The van der Waals surface area contributed by atoms with E-state index in [1.165, 1.54) is 24.8 Å². The molecule has 0 fully saturated rings. The Morgan fingerprint density at radius 1 is 1.10 bits per heavy atom. The number of rotatable bonds is 8. The van der Waals surface area contributed by atoms with Gasteiger partial charge in [0.15, 0.2) is 0 Å². The third kappa shape index (κ3) is 6.42. The highest BCUT2D eigenvalue weighted by molar-refractivity contribution is 5.17. The molecule has 0 spiro atoms. The summed E-state index contributed by atoms with van der Waals surface area (Å²) in [5.74, 6) is -1.29. The van der Waals surface area contributed by atoms with Gasteiger partial charge in [0.25, 0.3) is 5.92 Å². The van der Waals surface area contributed by atoms with Crippen molar-refractivity contribution < 1.29 is 18.6 Å². The lowest BCUT2D eigenvalue weighted by Gasteiger charge is -2.34. The number of aliphatic hydroxyl groups excluding tert-OH is 1. The Labute approximate surface area is 181 Å². The molecular weight excluding hydrogens is 382 g/mol. The number of aliphatic hydroxyl groups is 1. The van der Waals surface area contributed by atoms with Gasteiger partial charge in [-0.05, 0) is 87.9 Å². The second kappa shape index (κ2) is 10.9. The van der Waals surface area contributed by atoms with Crippen LogP contribution in [0.3, 0.4) is 0 Å². The molecule has 0 bridgehead atoms. The summed E-state index contributed by atoms with van der Waals surface area (Å²) in [5, 5.41) is 11.2. The minimum Gasteiger partial charge on any atom is -0.491 e. The molecule has 0 heterocycles. The maximum Gasteiger partial charge on any atom is 0.266 e. The van der Waals surface area contributed by atoms with E-state index in [0.717, 1.165) is 70.5 Å². The summed E-state index contributed by atoms with van der Waals surface area (Å²) in [6.45, 7) is 3.18. The summed E-state index contributed by atoms with van der Waals surface area (Å²) >= 11 is 0. The van der Waals surface area contributed by atoms with Crippen LogP contribution >= 0.6 is 0 Å². The first kappa shape index (κ1) is 23.5. The average Bonchev–Trinajstić information content (AvgIpc) is 3.01. The van der Waals surface area contributed by atoms with Gasteiger partial charge in [-0.2, -0.15) is 0 Å². The molecule has 0 saturated heterocycles. The van der Waals surface area contributed by atoms with Crippen molar-refractivity contribution in [3.63, 3.8) is 0 Å². The van der Waals surface area contributed by atoms with Crippen molar-refractivity contribution in [1.82, 2.24) is 0 Å². The zero-order chi connectivity index (χ0) is 21.6. The molecule has 4 atom stereocenters. The molecule has 1 N–H and O–H groups in total. The molecule has 0 aliphatic heterocycles. The van der Waals surface area contributed by atoms with Crippen LogP contribution in [0.15, 0.2) is 35.1 Å². The lowest BCUT2D eigenvalue weighted by atomic mass is 9.77. The summed E-state index contributed by atoms with van der Waals surface area (Å²) in [5.41, 5.74) is 1.69. The Bertz CT molecular complexity index is 644. The largest absolute Gasteiger partial charge is 0.491 e. The molecule has 4 unspecified atom stereocenters. The molecule has 0 aromatic heterocycles. The van der Waals surface area contributed by atoms with Crippen LogP contribution in [-0.4, -0.2) is 23.2 Å². The molecule has 3 aliphatic rings. The number of allylic oxidation sites excluding steroid dienone is 4. The summed E-state index contributed by atoms with van der Waals surface area (Å²) < 4.78 is 33.4. The molecule has 3 rings (SSSR count). The van der Waals surface area contributed by atoms with E-state index in [1.54, 1.807) is 6.08 Å². The van der Waals surface area contributed by atoms with Gasteiger partial charge in [0.05, 0.1) is 11.9 Å². The molecule has 0 amide bonds. The van der Waals surface area contributed by atoms with Crippen molar-refractivity contribution in [2.24, 2.45) is 11.8 Å². The maximum absolute atomic E-state index is 13.6. The fourth-order valence-corrected chi connectivity index (χ4v) is 5.38. The topological polar surface area (TPSA) is 29.5 Å². The van der Waals surface area contributed by atoms with Crippen molar-refractivity contribution in [3.05, 3.63) is 35.1 Å². The van der Waals surface area contributed by atoms with Gasteiger partial charge < -0.3 is 9.84 Å². The van der Waals surface area contributed by atoms with Crippen LogP contribution in [0.5, 0.6) is 0 Å². The van der Waals surface area contributed by atoms with Crippen LogP contribution in [0.2, 0.25) is 0 Å². The van der Waals surface area contributed by atoms with E-state index in [-0.39, 0.29) is 29.6 Å². The SMILES string of the molecule is CCCC(C1=CCCCCC1)C(O)C1CC=C(OC2C=C(C(C)(F)F)CCC2)CC1. The normalized spacial score (nSPS) is 28.0. The number of hydrogen-bond donors (Lipinski definition) is 1. The summed E-state index contributed by atoms with van der Waals surface area (Å²) in [7, 11) is 0. The van der Waals surface area contributed by atoms with E-state index in [9.17, 15) is 13.9 Å². The van der Waals surface area contributed by atoms with Gasteiger partial charge in [0, 0.05) is 19.3 Å². The second-order valence-corrected chi connectivity index (χ2v) is 9.60. The van der Waals surface area contributed by atoms with E-state index in [4.69, 9.17) is 4.74 Å². The fourth-order valence-electron chi connectivity index (χ4n) is 5.38. The molecule has 2 nitrogen and oxygen atoms in total. The molecule has 3 aliphatic carbocycles. The maximum atomic E-state index is 13.6. The highest BCUT2D eigenvalue weighted by atomic mass is 19.3. The van der Waals surface area contributed by atoms with Gasteiger partial charge in [-0.3, -0.25) is 0 Å². The van der Waals surface area contributed by atoms with E-state index in [2.05, 4.69) is 19.1 Å². The predicted octanol–water partition coefficient (Wildman–Crippen LogP) is 7.49. The van der Waals surface area contributed by atoms with E-state index in [1.807, 2.05) is 0 Å². The first-order valence-electron chi connectivity index (χ1n) is 12.2. The molecule has 170 valence electrons. The predicted molar refractivity (Wildman–Crippen MR) is 118 cm³/mol. The first-order chi connectivity index (χ1) is 14.4. The fraction of sp³-hybridized carbons (Fsp3) is 0.769. The molecule has 0 aromatic carbocycles. The lowest BCUT2D eigenvalue weighted by Crippen LogP contribution is -2.32. The van der Waals surface area contributed by atoms with Gasteiger partial charge in [-0.15, -0.1) is 0 Å². The summed E-state index contributed by atoms with van der Waals surface area (Å²) in [4.78, 5) is 0. The quantitative estimate of drug-likeness (QED) is 0.411. The third-order valence-electron chi connectivity index (χ3n) is 7.15. The Morgan fingerprint density at radius 2 is 1.93 bits per heavy atom. The van der Waals surface area contributed by atoms with Crippen LogP contribution in [-0.2, 0) is 4.74 Å². The average molecular weight is 423 g/mol. The van der Waals surface area contributed by atoms with Crippen LogP contribution < -0.4 is 0 Å². The third-order valence-corrected chi connectivity index (χ3v) is 7.15. The standard InChI is InChI=1S/C26H40F2O2/c1-3-9-24(19-10-6-4-5-7-11-19)25(29)20-14-16-22(17-15-20)30-23-13-8-12-21(18-23)26(2,27)28/h10,16,18,20,23-25,29H,3-9,11-15,17H2,1-2H3. The van der Waals surface area contributed by atoms with E-state index in [0.29, 0.717) is 6.42 Å². The molecule has 0 radical (unpaired) electrons. The molecule has 0 aromatic rings. The molecular formula is C26H40F2O2. The smallest absolute Gasteiger partial charge is 0.266 e. The number of hydrogen-bond acceptors (Lipinski definition) is 2. The lowest BCUT2D eigenvalue weighted by molar-refractivity contribution is 0.0400. The van der Waals surface area contributed by atoms with Crippen LogP contribution in [0.4, 0.5) is 8.78 Å². The zero-order valence-electron chi connectivity index (χ0n) is 18.8. The Morgan fingerprint density at radius 3 is 2.63 bits per heavy atom. The highest BCUT2D eigenvalue weighted by Gasteiger charge is 2.33. The zero-order valence-corrected chi connectivity index (χ0v) is 18.8. The van der Waals surface area contributed by atoms with Crippen molar-refractivity contribution in [3.8, 4) is 0 Å². The monoisotopic (exact) mass is 422 g/mol. The number of alkyl halides is 2. The second-order valence-electron chi connectivity index (χ2n) is 9.60. The Balaban J connectivity index is 1.59. The van der Waals surface area contributed by atoms with Crippen LogP contribution in [0.25, 0.3) is 0 Å². The summed E-state index contributed by atoms with van der Waals surface area (Å²) in [6, 6.07) is 0. The van der Waals surface area contributed by atoms with Crippen LogP contribution in [0, 0.1) is 11.8 Å². The minimum absolute atomic E-state index is 0.211. The van der Waals surface area contributed by atoms with Crippen LogP contribution in [0.1, 0.15) is 97.3 Å². The van der Waals surface area contributed by atoms with Crippen molar-refractivity contribution in [2.45, 2.75) is 115 Å². The van der Waals surface area contributed by atoms with E-state index >= 15 is 0 Å². The van der Waals surface area contributed by atoms with Crippen molar-refractivity contribution in [1.29, 1.82) is 0 Å². The Kier molecular flexibility index (Phi) is 8.56. The van der Waals surface area contributed by atoms with Gasteiger partial charge in [-0.1, -0.05) is 31.4 Å². The molecule has 0 saturated carbocycles. The van der Waals surface area contributed by atoms with Gasteiger partial charge >= 0.3 is 0 Å². The van der Waals surface area contributed by atoms with Gasteiger partial charge in [0.2, 0.25) is 0 Å². The van der Waals surface area contributed by atoms with E-state index < -0.39 is 5.92 Å². The molecule has 30 heavy (non-hydrogen) atoms. The molecule has 4 heteroatoms. The first-order valence-corrected chi connectivity index (χ1v) is 12.2. The Hall–Kier alpha value is -1.16. The van der Waals surface area contributed by atoms with Crippen molar-refractivity contribution in [2.75, 3.05) is 0 Å². The highest BCUT2D eigenvalue weighted by Crippen LogP contribution is 2.38. The number of ether oxygens (including phenoxy) is 1. The van der Waals surface area contributed by atoms with Gasteiger partial charge in [0.1, 0.15) is 6.10 Å².